The third-order valence-electron chi connectivity index (χ3n) is 6.87. The SMILES string of the molecule is Cc1cc2c3n1C(c1ccccc1)=CN(n1c(CCC(=O)O)nc4ccccc4c1=O)C(=O)C3=CCC2. The number of carboxylic acids is 1. The quantitative estimate of drug-likeness (QED) is 0.456. The molecule has 1 aliphatic carbocycles. The molecule has 4 aromatic rings. The number of rotatable bonds is 5. The number of nitrogens with zero attached hydrogens (tertiary/aromatic N) is 4. The average molecular weight is 493 g/mol. The van der Waals surface area contributed by atoms with E-state index in [2.05, 4.69) is 15.6 Å². The van der Waals surface area contributed by atoms with E-state index in [0.717, 1.165) is 34.6 Å². The molecule has 0 saturated carbocycles. The van der Waals surface area contributed by atoms with Gasteiger partial charge in [0.25, 0.3) is 11.5 Å². The van der Waals surface area contributed by atoms with E-state index >= 15 is 0 Å². The lowest BCUT2D eigenvalue weighted by atomic mass is 9.96. The molecule has 1 aliphatic heterocycles. The number of para-hydroxylation sites is 1. The van der Waals surface area contributed by atoms with E-state index in [1.165, 1.54) is 9.69 Å². The first kappa shape index (κ1) is 22.7. The fourth-order valence-electron chi connectivity index (χ4n) is 5.25. The molecule has 1 N–H and O–H groups in total. The minimum absolute atomic E-state index is 0.0106. The number of hydrogen-bond donors (Lipinski definition) is 1. The number of aryl methyl sites for hydroxylation is 3. The molecule has 0 bridgehead atoms. The normalized spacial score (nSPS) is 14.7. The van der Waals surface area contributed by atoms with Crippen molar-refractivity contribution in [1.82, 2.24) is 14.2 Å². The summed E-state index contributed by atoms with van der Waals surface area (Å²) in [7, 11) is 0. The Morgan fingerprint density at radius 2 is 1.81 bits per heavy atom. The van der Waals surface area contributed by atoms with Crippen LogP contribution in [0.5, 0.6) is 0 Å². The second-order valence-electron chi connectivity index (χ2n) is 9.24. The molecule has 0 radical (unpaired) electrons. The van der Waals surface area contributed by atoms with Gasteiger partial charge in [-0.05, 0) is 43.5 Å². The molecule has 1 amide bonds. The van der Waals surface area contributed by atoms with Crippen molar-refractivity contribution in [3.8, 4) is 0 Å². The van der Waals surface area contributed by atoms with Crippen molar-refractivity contribution in [3.05, 3.63) is 112 Å². The smallest absolute Gasteiger partial charge is 0.303 e. The van der Waals surface area contributed by atoms with E-state index in [-0.39, 0.29) is 24.6 Å². The molecule has 8 nitrogen and oxygen atoms in total. The van der Waals surface area contributed by atoms with E-state index in [9.17, 15) is 19.5 Å². The van der Waals surface area contributed by atoms with Crippen LogP contribution in [0.4, 0.5) is 0 Å². The van der Waals surface area contributed by atoms with Crippen LogP contribution in [-0.2, 0) is 22.4 Å². The predicted octanol–water partition coefficient (Wildman–Crippen LogP) is 3.88. The van der Waals surface area contributed by atoms with E-state index in [4.69, 9.17) is 0 Å². The molecule has 2 aromatic carbocycles. The Kier molecular flexibility index (Phi) is 5.37. The molecule has 0 saturated heterocycles. The molecule has 0 atom stereocenters. The molecule has 2 aromatic heterocycles. The van der Waals surface area contributed by atoms with Crippen LogP contribution in [0.3, 0.4) is 0 Å². The van der Waals surface area contributed by atoms with Crippen molar-refractivity contribution in [3.63, 3.8) is 0 Å². The van der Waals surface area contributed by atoms with Gasteiger partial charge in [-0.1, -0.05) is 48.5 Å². The molecular weight excluding hydrogens is 468 g/mol. The Labute approximate surface area is 212 Å². The summed E-state index contributed by atoms with van der Waals surface area (Å²) in [5.74, 6) is -1.16. The molecule has 8 heteroatoms. The number of allylic oxidation sites excluding steroid dienone is 1. The van der Waals surface area contributed by atoms with Crippen LogP contribution in [0.2, 0.25) is 0 Å². The number of aliphatic carboxylic acids is 1. The highest BCUT2D eigenvalue weighted by molar-refractivity contribution is 6.26. The summed E-state index contributed by atoms with van der Waals surface area (Å²) in [5, 5.41) is 11.0. The molecule has 0 spiro atoms. The van der Waals surface area contributed by atoms with Crippen molar-refractivity contribution in [1.29, 1.82) is 0 Å². The Bertz CT molecular complexity index is 1710. The minimum Gasteiger partial charge on any atom is -0.481 e. The number of carboxylic acid groups (broad SMARTS) is 1. The number of amides is 1. The fraction of sp³-hybridized carbons (Fsp3) is 0.172. The largest absolute Gasteiger partial charge is 0.481 e. The molecule has 0 fully saturated rings. The second-order valence-corrected chi connectivity index (χ2v) is 9.24. The third-order valence-corrected chi connectivity index (χ3v) is 6.87. The lowest BCUT2D eigenvalue weighted by Gasteiger charge is -2.24. The molecule has 2 aliphatic rings. The van der Waals surface area contributed by atoms with Crippen molar-refractivity contribution >= 4 is 34.0 Å². The van der Waals surface area contributed by atoms with Crippen molar-refractivity contribution in [2.24, 2.45) is 0 Å². The Hall–Kier alpha value is -4.72. The first-order chi connectivity index (χ1) is 17.9. The number of carbonyl (C=O) groups excluding carboxylic acids is 1. The summed E-state index contributed by atoms with van der Waals surface area (Å²) in [5.41, 5.74) is 5.06. The van der Waals surface area contributed by atoms with Gasteiger partial charge < -0.3 is 9.67 Å². The summed E-state index contributed by atoms with van der Waals surface area (Å²) >= 11 is 0. The predicted molar refractivity (Wildman–Crippen MR) is 140 cm³/mol. The van der Waals surface area contributed by atoms with Gasteiger partial charge in [0.1, 0.15) is 5.82 Å². The van der Waals surface area contributed by atoms with Crippen LogP contribution < -0.4 is 10.6 Å². The van der Waals surface area contributed by atoms with Crippen molar-refractivity contribution in [2.75, 3.05) is 5.01 Å². The summed E-state index contributed by atoms with van der Waals surface area (Å²) < 4.78 is 3.32. The Morgan fingerprint density at radius 1 is 1.05 bits per heavy atom. The van der Waals surface area contributed by atoms with E-state index in [1.54, 1.807) is 30.5 Å². The Morgan fingerprint density at radius 3 is 2.59 bits per heavy atom. The maximum absolute atomic E-state index is 14.2. The number of fused-ring (bicyclic) bond motifs is 1. The molecule has 3 heterocycles. The van der Waals surface area contributed by atoms with Gasteiger partial charge in [-0.25, -0.2) is 9.99 Å². The standard InChI is InChI=1S/C29H24N4O4/c1-18-16-20-10-7-12-22-27(20)32(18)24(19-8-3-2-4-9-19)17-31(28(22)36)33-25(14-15-26(34)35)30-23-13-6-5-11-21(23)29(33)37/h2-6,8-9,11-13,16-17H,7,10,14-15H2,1H3,(H,34,35). The van der Waals surface area contributed by atoms with Gasteiger partial charge in [0.15, 0.2) is 0 Å². The lowest BCUT2D eigenvalue weighted by Crippen LogP contribution is -2.45. The molecule has 184 valence electrons. The molecule has 6 rings (SSSR count). The summed E-state index contributed by atoms with van der Waals surface area (Å²) in [6.45, 7) is 2.01. The highest BCUT2D eigenvalue weighted by atomic mass is 16.4. The van der Waals surface area contributed by atoms with Crippen LogP contribution in [0.25, 0.3) is 22.2 Å². The van der Waals surface area contributed by atoms with Gasteiger partial charge in [0.2, 0.25) is 0 Å². The maximum Gasteiger partial charge on any atom is 0.303 e. The highest BCUT2D eigenvalue weighted by Gasteiger charge is 2.34. The maximum atomic E-state index is 14.2. The number of hydrogen-bond acceptors (Lipinski definition) is 4. The first-order valence-corrected chi connectivity index (χ1v) is 12.2. The van der Waals surface area contributed by atoms with E-state index in [0.29, 0.717) is 22.9 Å². The van der Waals surface area contributed by atoms with Crippen LogP contribution in [-0.4, -0.2) is 31.2 Å². The van der Waals surface area contributed by atoms with E-state index in [1.807, 2.05) is 43.3 Å². The Balaban J connectivity index is 1.67. The van der Waals surface area contributed by atoms with Gasteiger partial charge >= 0.3 is 5.97 Å². The topological polar surface area (TPSA) is 97.4 Å². The summed E-state index contributed by atoms with van der Waals surface area (Å²) in [6, 6.07) is 18.7. The third kappa shape index (κ3) is 3.69. The first-order valence-electron chi connectivity index (χ1n) is 12.2. The van der Waals surface area contributed by atoms with Crippen LogP contribution in [0.15, 0.2) is 77.7 Å². The highest BCUT2D eigenvalue weighted by Crippen LogP contribution is 2.37. The molecule has 0 unspecified atom stereocenters. The van der Waals surface area contributed by atoms with E-state index < -0.39 is 11.5 Å². The zero-order chi connectivity index (χ0) is 25.7. The van der Waals surface area contributed by atoms with Crippen LogP contribution in [0, 0.1) is 6.92 Å². The summed E-state index contributed by atoms with van der Waals surface area (Å²) in [6.07, 6.45) is 4.89. The monoisotopic (exact) mass is 492 g/mol. The minimum atomic E-state index is -1.01. The van der Waals surface area contributed by atoms with Crippen LogP contribution in [0.1, 0.15) is 41.2 Å². The summed E-state index contributed by atoms with van der Waals surface area (Å²) in [4.78, 5) is 44.1. The van der Waals surface area contributed by atoms with Gasteiger partial charge in [0.05, 0.1) is 40.5 Å². The zero-order valence-corrected chi connectivity index (χ0v) is 20.2. The number of carbonyl (C=O) groups is 2. The number of aromatic nitrogens is 3. The average Bonchev–Trinajstić information content (AvgIpc) is 3.17. The molecular formula is C29H24N4O4. The van der Waals surface area contributed by atoms with Gasteiger partial charge in [-0.15, -0.1) is 0 Å². The fourth-order valence-corrected chi connectivity index (χ4v) is 5.25. The van der Waals surface area contributed by atoms with Crippen LogP contribution >= 0.6 is 0 Å². The lowest BCUT2D eigenvalue weighted by molar-refractivity contribution is -0.137. The van der Waals surface area contributed by atoms with Gasteiger partial charge in [-0.2, -0.15) is 4.68 Å². The van der Waals surface area contributed by atoms with Crippen molar-refractivity contribution < 1.29 is 14.7 Å². The second kappa shape index (κ2) is 8.74. The zero-order valence-electron chi connectivity index (χ0n) is 20.2. The van der Waals surface area contributed by atoms with Gasteiger partial charge in [-0.3, -0.25) is 14.4 Å². The van der Waals surface area contributed by atoms with Gasteiger partial charge in [0, 0.05) is 17.7 Å². The molecule has 37 heavy (non-hydrogen) atoms. The number of benzene rings is 2. The van der Waals surface area contributed by atoms with Crippen molar-refractivity contribution in [2.45, 2.75) is 32.6 Å².